The Morgan fingerprint density at radius 2 is 1.86 bits per heavy atom. The Labute approximate surface area is 169 Å². The molecule has 0 aromatic heterocycles. The Kier molecular flexibility index (Phi) is 6.16. The number of hydrogen-bond acceptors (Lipinski definition) is 3. The van der Waals surface area contributed by atoms with Gasteiger partial charge >= 0.3 is 6.03 Å². The van der Waals surface area contributed by atoms with Crippen LogP contribution >= 0.6 is 11.6 Å². The third-order valence-electron chi connectivity index (χ3n) is 4.51. The summed E-state index contributed by atoms with van der Waals surface area (Å²) in [5.74, 6) is 0.537. The maximum atomic E-state index is 12.9. The third kappa shape index (κ3) is 4.43. The Morgan fingerprint density at radius 3 is 2.46 bits per heavy atom. The summed E-state index contributed by atoms with van der Waals surface area (Å²) < 4.78 is 5.18. The molecule has 2 aromatic rings. The second-order valence-electron chi connectivity index (χ2n) is 6.28. The van der Waals surface area contributed by atoms with Crippen molar-refractivity contribution in [1.82, 2.24) is 10.2 Å². The topological polar surface area (TPSA) is 58.6 Å². The van der Waals surface area contributed by atoms with Crippen LogP contribution in [0.1, 0.15) is 24.1 Å². The van der Waals surface area contributed by atoms with Gasteiger partial charge in [-0.15, -0.1) is 0 Å². The smallest absolute Gasteiger partial charge is 0.322 e. The fourth-order valence-corrected chi connectivity index (χ4v) is 3.05. The lowest BCUT2D eigenvalue weighted by Crippen LogP contribution is -2.44. The van der Waals surface area contributed by atoms with E-state index in [1.807, 2.05) is 31.2 Å². The molecule has 1 atom stereocenters. The molecule has 1 aliphatic rings. The molecule has 3 rings (SSSR count). The predicted molar refractivity (Wildman–Crippen MR) is 110 cm³/mol. The van der Waals surface area contributed by atoms with Gasteiger partial charge in [0.25, 0.3) is 0 Å². The highest BCUT2D eigenvalue weighted by Gasteiger charge is 2.30. The molecular formula is C22H21ClN2O3. The van der Waals surface area contributed by atoms with Crippen molar-refractivity contribution in [2.45, 2.75) is 13.0 Å². The van der Waals surface area contributed by atoms with Crippen molar-refractivity contribution in [3.05, 3.63) is 82.5 Å². The second kappa shape index (κ2) is 8.76. The highest BCUT2D eigenvalue weighted by atomic mass is 35.5. The number of rotatable bonds is 6. The lowest BCUT2D eigenvalue weighted by molar-refractivity contribution is -0.111. The van der Waals surface area contributed by atoms with E-state index in [0.717, 1.165) is 11.1 Å². The number of benzene rings is 2. The number of allylic oxidation sites excluding steroid dienone is 1. The molecular weight excluding hydrogens is 376 g/mol. The van der Waals surface area contributed by atoms with Crippen LogP contribution in [0.3, 0.4) is 0 Å². The van der Waals surface area contributed by atoms with Crippen LogP contribution in [0.2, 0.25) is 5.02 Å². The van der Waals surface area contributed by atoms with Crippen LogP contribution in [0.4, 0.5) is 4.79 Å². The van der Waals surface area contributed by atoms with Gasteiger partial charge in [0.15, 0.2) is 5.78 Å². The normalized spacial score (nSPS) is 16.7. The maximum Gasteiger partial charge on any atom is 0.322 e. The molecule has 0 unspecified atom stereocenters. The first kappa shape index (κ1) is 19.7. The summed E-state index contributed by atoms with van der Waals surface area (Å²) in [6, 6.07) is 13.7. The van der Waals surface area contributed by atoms with E-state index in [-0.39, 0.29) is 11.8 Å². The van der Waals surface area contributed by atoms with Gasteiger partial charge < -0.3 is 15.0 Å². The minimum Gasteiger partial charge on any atom is -0.497 e. The third-order valence-corrected chi connectivity index (χ3v) is 4.76. The largest absolute Gasteiger partial charge is 0.497 e. The van der Waals surface area contributed by atoms with Crippen molar-refractivity contribution < 1.29 is 14.3 Å². The predicted octanol–water partition coefficient (Wildman–Crippen LogP) is 4.60. The van der Waals surface area contributed by atoms with Crippen LogP contribution in [-0.2, 0) is 4.79 Å². The fourth-order valence-electron chi connectivity index (χ4n) is 2.93. The van der Waals surface area contributed by atoms with Crippen LogP contribution < -0.4 is 10.1 Å². The van der Waals surface area contributed by atoms with E-state index < -0.39 is 6.04 Å². The summed E-state index contributed by atoms with van der Waals surface area (Å²) in [5, 5.41) is 3.55. The van der Waals surface area contributed by atoms with E-state index in [2.05, 4.69) is 5.32 Å². The molecule has 0 saturated carbocycles. The molecule has 1 N–H and O–H groups in total. The molecule has 0 bridgehead atoms. The lowest BCUT2D eigenvalue weighted by atomic mass is 9.94. The molecule has 2 aromatic carbocycles. The van der Waals surface area contributed by atoms with Crippen molar-refractivity contribution in [1.29, 1.82) is 0 Å². The maximum absolute atomic E-state index is 12.9. The first-order valence-electron chi connectivity index (χ1n) is 8.92. The molecule has 0 radical (unpaired) electrons. The zero-order valence-electron chi connectivity index (χ0n) is 15.7. The summed E-state index contributed by atoms with van der Waals surface area (Å²) in [5.41, 5.74) is 2.17. The Bertz CT molecular complexity index is 918. The molecule has 0 aliphatic carbocycles. The average Bonchev–Trinajstić information content (AvgIpc) is 2.73. The summed E-state index contributed by atoms with van der Waals surface area (Å²) in [6.07, 6.45) is 4.87. The number of amides is 2. The van der Waals surface area contributed by atoms with Gasteiger partial charge in [0.2, 0.25) is 0 Å². The van der Waals surface area contributed by atoms with Crippen LogP contribution in [-0.4, -0.2) is 30.4 Å². The van der Waals surface area contributed by atoms with Crippen LogP contribution in [0, 0.1) is 0 Å². The van der Waals surface area contributed by atoms with Gasteiger partial charge in [0.05, 0.1) is 13.2 Å². The number of nitrogens with one attached hydrogen (secondary N) is 1. The van der Waals surface area contributed by atoms with Crippen molar-refractivity contribution >= 4 is 29.5 Å². The van der Waals surface area contributed by atoms with Crippen LogP contribution in [0.25, 0.3) is 6.08 Å². The number of methoxy groups -OCH3 is 1. The van der Waals surface area contributed by atoms with Crippen LogP contribution in [0.15, 0.2) is 66.4 Å². The molecule has 6 heteroatoms. The lowest BCUT2D eigenvalue weighted by Gasteiger charge is -2.31. The van der Waals surface area contributed by atoms with Gasteiger partial charge in [0, 0.05) is 23.3 Å². The quantitative estimate of drug-likeness (QED) is 0.726. The summed E-state index contributed by atoms with van der Waals surface area (Å²) in [4.78, 5) is 26.7. The van der Waals surface area contributed by atoms with Gasteiger partial charge in [0.1, 0.15) is 5.75 Å². The number of halogens is 1. The summed E-state index contributed by atoms with van der Waals surface area (Å²) in [7, 11) is 1.59. The molecule has 1 heterocycles. The Balaban J connectivity index is 1.90. The van der Waals surface area contributed by atoms with Crippen LogP contribution in [0.5, 0.6) is 5.75 Å². The molecule has 0 fully saturated rings. The molecule has 5 nitrogen and oxygen atoms in total. The van der Waals surface area contributed by atoms with E-state index in [1.54, 1.807) is 43.7 Å². The zero-order valence-corrected chi connectivity index (χ0v) is 16.4. The number of ketones is 1. The minimum atomic E-state index is -0.524. The molecule has 144 valence electrons. The number of nitrogens with zero attached hydrogens (tertiary/aromatic N) is 1. The molecule has 0 spiro atoms. The molecule has 0 saturated heterocycles. The van der Waals surface area contributed by atoms with E-state index >= 15 is 0 Å². The first-order chi connectivity index (χ1) is 13.5. The van der Waals surface area contributed by atoms with Gasteiger partial charge in [-0.05, 0) is 48.4 Å². The number of urea groups is 1. The van der Waals surface area contributed by atoms with E-state index in [0.29, 0.717) is 22.9 Å². The van der Waals surface area contributed by atoms with Gasteiger partial charge in [-0.1, -0.05) is 41.9 Å². The number of ether oxygens (including phenoxy) is 1. The van der Waals surface area contributed by atoms with Crippen molar-refractivity contribution in [3.63, 3.8) is 0 Å². The monoisotopic (exact) mass is 396 g/mol. The summed E-state index contributed by atoms with van der Waals surface area (Å²) in [6.45, 7) is 2.33. The number of hydrogen-bond donors (Lipinski definition) is 1. The van der Waals surface area contributed by atoms with Gasteiger partial charge in [-0.25, -0.2) is 4.79 Å². The summed E-state index contributed by atoms with van der Waals surface area (Å²) >= 11 is 5.90. The first-order valence-corrected chi connectivity index (χ1v) is 9.30. The number of carbonyl (C=O) groups is 2. The average molecular weight is 397 g/mol. The van der Waals surface area contributed by atoms with E-state index in [4.69, 9.17) is 16.3 Å². The Hall–Kier alpha value is -3.05. The second-order valence-corrected chi connectivity index (χ2v) is 6.71. The van der Waals surface area contributed by atoms with E-state index in [9.17, 15) is 9.59 Å². The minimum absolute atomic E-state index is 0.172. The Morgan fingerprint density at radius 1 is 1.18 bits per heavy atom. The van der Waals surface area contributed by atoms with Gasteiger partial charge in [-0.3, -0.25) is 4.79 Å². The molecule has 1 aliphatic heterocycles. The highest BCUT2D eigenvalue weighted by molar-refractivity contribution is 6.30. The standard InChI is InChI=1S/C22H21ClN2O3/c1-3-25-14-19(20(26)13-6-15-4-9-17(23)10-5-15)21(24-22(25)27)16-7-11-18(28-2)12-8-16/h4-14,21H,3H2,1-2H3,(H,24,27)/b13-6+/t21-/m0/s1. The molecule has 28 heavy (non-hydrogen) atoms. The van der Waals surface area contributed by atoms with Crippen molar-refractivity contribution in [2.24, 2.45) is 0 Å². The van der Waals surface area contributed by atoms with Crippen molar-refractivity contribution in [2.75, 3.05) is 13.7 Å². The SMILES string of the molecule is CCN1C=C(C(=O)/C=C/c2ccc(Cl)cc2)[C@H](c2ccc(OC)cc2)NC1=O. The highest BCUT2D eigenvalue weighted by Crippen LogP contribution is 2.28. The fraction of sp³-hybridized carbons (Fsp3) is 0.182. The van der Waals surface area contributed by atoms with E-state index in [1.165, 1.54) is 11.0 Å². The molecule has 2 amide bonds. The number of carbonyl (C=O) groups excluding carboxylic acids is 2. The van der Waals surface area contributed by atoms with Gasteiger partial charge in [-0.2, -0.15) is 0 Å². The zero-order chi connectivity index (χ0) is 20.1. The van der Waals surface area contributed by atoms with Crippen molar-refractivity contribution in [3.8, 4) is 5.75 Å².